The molecule has 3 N–H and O–H groups in total. The molecule has 0 spiro atoms. The SMILES string of the molecule is O=C1CC(Nc2ccc(C(=O)O)cc2[N+](=O)[O-])CN1. The van der Waals surface area contributed by atoms with Crippen LogP contribution >= 0.6 is 0 Å². The van der Waals surface area contributed by atoms with Crippen molar-refractivity contribution in [2.45, 2.75) is 12.5 Å². The molecule has 1 heterocycles. The number of aromatic carboxylic acids is 1. The highest BCUT2D eigenvalue weighted by Crippen LogP contribution is 2.27. The number of benzene rings is 1. The van der Waals surface area contributed by atoms with Crippen molar-refractivity contribution in [1.29, 1.82) is 0 Å². The number of carboxylic acids is 1. The normalized spacial score (nSPS) is 17.9. The Labute approximate surface area is 107 Å². The Kier molecular flexibility index (Phi) is 3.32. The maximum Gasteiger partial charge on any atom is 0.335 e. The van der Waals surface area contributed by atoms with E-state index >= 15 is 0 Å². The fourth-order valence-corrected chi connectivity index (χ4v) is 1.86. The van der Waals surface area contributed by atoms with Crippen LogP contribution in [0.1, 0.15) is 16.8 Å². The van der Waals surface area contributed by atoms with Crippen LogP contribution in [0.25, 0.3) is 0 Å². The molecule has 1 unspecified atom stereocenters. The molecule has 0 bridgehead atoms. The van der Waals surface area contributed by atoms with Gasteiger partial charge >= 0.3 is 5.97 Å². The number of nitro benzene ring substituents is 1. The first-order valence-electron chi connectivity index (χ1n) is 5.52. The minimum Gasteiger partial charge on any atom is -0.478 e. The third-order valence-corrected chi connectivity index (χ3v) is 2.78. The summed E-state index contributed by atoms with van der Waals surface area (Å²) in [6.45, 7) is 0.386. The minimum absolute atomic E-state index is 0.123. The molecule has 1 aromatic carbocycles. The van der Waals surface area contributed by atoms with Crippen LogP contribution < -0.4 is 10.6 Å². The number of nitrogens with zero attached hydrogens (tertiary/aromatic N) is 1. The Hall–Kier alpha value is -2.64. The van der Waals surface area contributed by atoms with Crippen LogP contribution in [-0.4, -0.2) is 34.5 Å². The smallest absolute Gasteiger partial charge is 0.335 e. The highest BCUT2D eigenvalue weighted by molar-refractivity contribution is 5.90. The van der Waals surface area contributed by atoms with E-state index in [1.165, 1.54) is 12.1 Å². The van der Waals surface area contributed by atoms with Gasteiger partial charge in [-0.05, 0) is 12.1 Å². The summed E-state index contributed by atoms with van der Waals surface area (Å²) >= 11 is 0. The lowest BCUT2D eigenvalue weighted by Crippen LogP contribution is -2.22. The van der Waals surface area contributed by atoms with E-state index in [-0.39, 0.29) is 35.3 Å². The standard InChI is InChI=1S/C11H11N3O5/c15-10-4-7(5-12-10)13-8-2-1-6(11(16)17)3-9(8)14(18)19/h1-3,7,13H,4-5H2,(H,12,15)(H,16,17). The molecular weight excluding hydrogens is 254 g/mol. The summed E-state index contributed by atoms with van der Waals surface area (Å²) in [5, 5.41) is 25.2. The van der Waals surface area contributed by atoms with Crippen molar-refractivity contribution in [2.24, 2.45) is 0 Å². The number of hydrogen-bond donors (Lipinski definition) is 3. The molecule has 1 saturated heterocycles. The maximum atomic E-state index is 11.0. The van der Waals surface area contributed by atoms with Crippen LogP contribution in [0.15, 0.2) is 18.2 Å². The third-order valence-electron chi connectivity index (χ3n) is 2.78. The number of anilines is 1. The Bertz CT molecular complexity index is 557. The topological polar surface area (TPSA) is 122 Å². The molecule has 0 radical (unpaired) electrons. The molecule has 0 aliphatic carbocycles. The average molecular weight is 265 g/mol. The third kappa shape index (κ3) is 2.79. The molecule has 8 nitrogen and oxygen atoms in total. The van der Waals surface area contributed by atoms with E-state index in [9.17, 15) is 19.7 Å². The second-order valence-electron chi connectivity index (χ2n) is 4.14. The number of carboxylic acid groups (broad SMARTS) is 1. The molecule has 100 valence electrons. The van der Waals surface area contributed by atoms with Gasteiger partial charge in [0.05, 0.1) is 16.5 Å². The van der Waals surface area contributed by atoms with E-state index in [0.717, 1.165) is 6.07 Å². The summed E-state index contributed by atoms with van der Waals surface area (Å²) < 4.78 is 0. The molecule has 0 aromatic heterocycles. The Balaban J connectivity index is 2.26. The van der Waals surface area contributed by atoms with E-state index in [1.807, 2.05) is 0 Å². The molecule has 8 heteroatoms. The Morgan fingerprint density at radius 1 is 1.53 bits per heavy atom. The largest absolute Gasteiger partial charge is 0.478 e. The van der Waals surface area contributed by atoms with Gasteiger partial charge in [-0.1, -0.05) is 0 Å². The van der Waals surface area contributed by atoms with Crippen LogP contribution in [0.2, 0.25) is 0 Å². The first-order chi connectivity index (χ1) is 8.97. The number of hydrogen-bond acceptors (Lipinski definition) is 5. The summed E-state index contributed by atoms with van der Waals surface area (Å²) in [6, 6.07) is 3.38. The molecule has 1 aliphatic heterocycles. The first-order valence-corrected chi connectivity index (χ1v) is 5.52. The van der Waals surface area contributed by atoms with Crippen molar-refractivity contribution >= 4 is 23.3 Å². The first kappa shape index (κ1) is 12.8. The van der Waals surface area contributed by atoms with Gasteiger partial charge in [0.1, 0.15) is 5.69 Å². The number of carbonyl (C=O) groups is 2. The van der Waals surface area contributed by atoms with Crippen molar-refractivity contribution in [3.8, 4) is 0 Å². The van der Waals surface area contributed by atoms with E-state index in [2.05, 4.69) is 10.6 Å². The Morgan fingerprint density at radius 3 is 2.79 bits per heavy atom. The zero-order valence-electron chi connectivity index (χ0n) is 9.75. The summed E-state index contributed by atoms with van der Waals surface area (Å²) in [5.74, 6) is -1.35. The number of carbonyl (C=O) groups excluding carboxylic acids is 1. The monoisotopic (exact) mass is 265 g/mol. The summed E-state index contributed by atoms with van der Waals surface area (Å²) in [4.78, 5) is 32.1. The Morgan fingerprint density at radius 2 is 2.26 bits per heavy atom. The van der Waals surface area contributed by atoms with Crippen LogP contribution in [0, 0.1) is 10.1 Å². The lowest BCUT2D eigenvalue weighted by molar-refractivity contribution is -0.384. The van der Waals surface area contributed by atoms with E-state index < -0.39 is 10.9 Å². The average Bonchev–Trinajstić information content (AvgIpc) is 2.74. The zero-order valence-corrected chi connectivity index (χ0v) is 9.75. The van der Waals surface area contributed by atoms with Crippen LogP contribution in [0.4, 0.5) is 11.4 Å². The van der Waals surface area contributed by atoms with Gasteiger partial charge in [0.15, 0.2) is 0 Å². The lowest BCUT2D eigenvalue weighted by Gasteiger charge is -2.12. The van der Waals surface area contributed by atoms with Gasteiger partial charge in [0.25, 0.3) is 5.69 Å². The maximum absolute atomic E-state index is 11.0. The predicted octanol–water partition coefficient (Wildman–Crippen LogP) is 0.593. The van der Waals surface area contributed by atoms with Crippen LogP contribution in [0.3, 0.4) is 0 Å². The fraction of sp³-hybridized carbons (Fsp3) is 0.273. The number of amides is 1. The molecule has 1 aromatic rings. The highest BCUT2D eigenvalue weighted by atomic mass is 16.6. The van der Waals surface area contributed by atoms with Crippen molar-refractivity contribution in [1.82, 2.24) is 5.32 Å². The van der Waals surface area contributed by atoms with Crippen molar-refractivity contribution in [2.75, 3.05) is 11.9 Å². The summed E-state index contributed by atoms with van der Waals surface area (Å²) in [6.07, 6.45) is 0.234. The van der Waals surface area contributed by atoms with E-state index in [4.69, 9.17) is 5.11 Å². The number of nitrogens with one attached hydrogen (secondary N) is 2. The molecule has 1 atom stereocenters. The minimum atomic E-state index is -1.23. The number of rotatable bonds is 4. The van der Waals surface area contributed by atoms with Crippen molar-refractivity contribution in [3.05, 3.63) is 33.9 Å². The number of nitro groups is 1. The molecule has 1 amide bonds. The van der Waals surface area contributed by atoms with Gasteiger partial charge in [0.2, 0.25) is 5.91 Å². The highest BCUT2D eigenvalue weighted by Gasteiger charge is 2.24. The van der Waals surface area contributed by atoms with Crippen LogP contribution in [-0.2, 0) is 4.79 Å². The van der Waals surface area contributed by atoms with Gasteiger partial charge < -0.3 is 15.7 Å². The zero-order chi connectivity index (χ0) is 14.0. The quantitative estimate of drug-likeness (QED) is 0.541. The van der Waals surface area contributed by atoms with Gasteiger partial charge in [-0.25, -0.2) is 4.79 Å². The van der Waals surface area contributed by atoms with Crippen LogP contribution in [0.5, 0.6) is 0 Å². The second-order valence-corrected chi connectivity index (χ2v) is 4.14. The van der Waals surface area contributed by atoms with Gasteiger partial charge in [-0.3, -0.25) is 14.9 Å². The molecule has 0 saturated carbocycles. The lowest BCUT2D eigenvalue weighted by atomic mass is 10.1. The molecule has 1 aliphatic rings. The molecule has 19 heavy (non-hydrogen) atoms. The van der Waals surface area contributed by atoms with E-state index in [0.29, 0.717) is 6.54 Å². The predicted molar refractivity (Wildman–Crippen MR) is 65.1 cm³/mol. The van der Waals surface area contributed by atoms with Gasteiger partial charge in [-0.15, -0.1) is 0 Å². The fourth-order valence-electron chi connectivity index (χ4n) is 1.86. The second kappa shape index (κ2) is 4.92. The van der Waals surface area contributed by atoms with Gasteiger partial charge in [0, 0.05) is 19.0 Å². The van der Waals surface area contributed by atoms with Crippen molar-refractivity contribution < 1.29 is 19.6 Å². The van der Waals surface area contributed by atoms with Crippen molar-refractivity contribution in [3.63, 3.8) is 0 Å². The van der Waals surface area contributed by atoms with Gasteiger partial charge in [-0.2, -0.15) is 0 Å². The van der Waals surface area contributed by atoms with E-state index in [1.54, 1.807) is 0 Å². The molecule has 2 rings (SSSR count). The molecule has 1 fully saturated rings. The molecular formula is C11H11N3O5. The summed E-state index contributed by atoms with van der Waals surface area (Å²) in [5.41, 5.74) is -0.270. The summed E-state index contributed by atoms with van der Waals surface area (Å²) in [7, 11) is 0.